The van der Waals surface area contributed by atoms with Crippen LogP contribution in [0.3, 0.4) is 0 Å². The zero-order chi connectivity index (χ0) is 18.7. The summed E-state index contributed by atoms with van der Waals surface area (Å²) in [5.41, 5.74) is 0.424. The van der Waals surface area contributed by atoms with Crippen LogP contribution in [-0.4, -0.2) is 36.4 Å². The van der Waals surface area contributed by atoms with Gasteiger partial charge in [0.15, 0.2) is 0 Å². The fourth-order valence-electron chi connectivity index (χ4n) is 2.90. The highest BCUT2D eigenvalue weighted by Gasteiger charge is 2.32. The first-order valence-corrected chi connectivity index (χ1v) is 7.98. The number of anilines is 1. The SMILES string of the molecule is COc1ccc(N2C[C@@H](NC(=O)c3ccccc3[N+](=O)[O-])CC2=O)cc1. The number of carbonyl (C=O) groups excluding carboxylic acids is 2. The van der Waals surface area contributed by atoms with Gasteiger partial charge in [0.05, 0.1) is 18.1 Å². The van der Waals surface area contributed by atoms with Crippen molar-refractivity contribution in [3.63, 3.8) is 0 Å². The second-order valence-corrected chi connectivity index (χ2v) is 5.85. The van der Waals surface area contributed by atoms with Crippen molar-refractivity contribution in [1.29, 1.82) is 0 Å². The van der Waals surface area contributed by atoms with E-state index in [9.17, 15) is 19.7 Å². The molecule has 1 atom stereocenters. The number of ether oxygens (including phenoxy) is 1. The standard InChI is InChI=1S/C18H17N3O5/c1-26-14-8-6-13(7-9-14)20-11-12(10-17(20)22)19-18(23)15-4-2-3-5-16(15)21(24)25/h2-9,12H,10-11H2,1H3,(H,19,23)/t12-/m0/s1. The predicted molar refractivity (Wildman–Crippen MR) is 94.3 cm³/mol. The molecule has 1 aliphatic heterocycles. The lowest BCUT2D eigenvalue weighted by Gasteiger charge is -2.17. The minimum atomic E-state index is -0.599. The molecule has 1 N–H and O–H groups in total. The molecule has 26 heavy (non-hydrogen) atoms. The van der Waals surface area contributed by atoms with E-state index in [1.54, 1.807) is 42.3 Å². The van der Waals surface area contributed by atoms with Crippen molar-refractivity contribution in [2.45, 2.75) is 12.5 Å². The van der Waals surface area contributed by atoms with Crippen LogP contribution in [0, 0.1) is 10.1 Å². The molecule has 0 aliphatic carbocycles. The number of rotatable bonds is 5. The number of hydrogen-bond acceptors (Lipinski definition) is 5. The number of para-hydroxylation sites is 1. The van der Waals surface area contributed by atoms with Gasteiger partial charge in [-0.25, -0.2) is 0 Å². The van der Waals surface area contributed by atoms with Crippen LogP contribution in [0.25, 0.3) is 0 Å². The van der Waals surface area contributed by atoms with E-state index in [0.29, 0.717) is 18.0 Å². The molecule has 0 unspecified atom stereocenters. The molecule has 0 radical (unpaired) electrons. The third-order valence-electron chi connectivity index (χ3n) is 4.19. The molecule has 3 rings (SSSR count). The van der Waals surface area contributed by atoms with Gasteiger partial charge < -0.3 is 15.0 Å². The molecule has 2 aromatic rings. The summed E-state index contributed by atoms with van der Waals surface area (Å²) in [5.74, 6) is -0.00338. The highest BCUT2D eigenvalue weighted by molar-refractivity contribution is 6.00. The largest absolute Gasteiger partial charge is 0.497 e. The summed E-state index contributed by atoms with van der Waals surface area (Å²) in [5, 5.41) is 13.8. The van der Waals surface area contributed by atoms with E-state index in [1.807, 2.05) is 0 Å². The van der Waals surface area contributed by atoms with Gasteiger partial charge in [0.25, 0.3) is 11.6 Å². The van der Waals surface area contributed by atoms with E-state index in [-0.39, 0.29) is 23.6 Å². The molecule has 1 aliphatic rings. The van der Waals surface area contributed by atoms with Gasteiger partial charge in [0.1, 0.15) is 11.3 Å². The number of amides is 2. The molecule has 0 aromatic heterocycles. The van der Waals surface area contributed by atoms with Crippen LogP contribution in [-0.2, 0) is 4.79 Å². The minimum absolute atomic E-state index is 0.0205. The summed E-state index contributed by atoms with van der Waals surface area (Å²) in [6.45, 7) is 0.303. The summed E-state index contributed by atoms with van der Waals surface area (Å²) >= 11 is 0. The molecule has 1 fully saturated rings. The monoisotopic (exact) mass is 355 g/mol. The molecule has 8 nitrogen and oxygen atoms in total. The van der Waals surface area contributed by atoms with Crippen LogP contribution in [0.2, 0.25) is 0 Å². The molecular weight excluding hydrogens is 338 g/mol. The number of nitrogens with one attached hydrogen (secondary N) is 1. The maximum Gasteiger partial charge on any atom is 0.282 e. The van der Waals surface area contributed by atoms with Crippen molar-refractivity contribution in [2.75, 3.05) is 18.6 Å². The van der Waals surface area contributed by atoms with E-state index < -0.39 is 16.9 Å². The van der Waals surface area contributed by atoms with Gasteiger partial charge in [-0.3, -0.25) is 19.7 Å². The first-order valence-electron chi connectivity index (χ1n) is 7.98. The third-order valence-corrected chi connectivity index (χ3v) is 4.19. The van der Waals surface area contributed by atoms with Gasteiger partial charge in [-0.15, -0.1) is 0 Å². The van der Waals surface area contributed by atoms with E-state index in [0.717, 1.165) is 0 Å². The Kier molecular flexibility index (Phi) is 4.83. The summed E-state index contributed by atoms with van der Waals surface area (Å²) in [4.78, 5) is 36.7. The highest BCUT2D eigenvalue weighted by atomic mass is 16.6. The fourth-order valence-corrected chi connectivity index (χ4v) is 2.90. The van der Waals surface area contributed by atoms with Crippen molar-refractivity contribution in [1.82, 2.24) is 5.32 Å². The number of hydrogen-bond donors (Lipinski definition) is 1. The summed E-state index contributed by atoms with van der Waals surface area (Å²) in [7, 11) is 1.56. The predicted octanol–water partition coefficient (Wildman–Crippen LogP) is 2.14. The number of nitro benzene ring substituents is 1. The van der Waals surface area contributed by atoms with Crippen molar-refractivity contribution in [2.24, 2.45) is 0 Å². The molecule has 134 valence electrons. The van der Waals surface area contributed by atoms with Crippen molar-refractivity contribution in [3.05, 3.63) is 64.2 Å². The van der Waals surface area contributed by atoms with E-state index >= 15 is 0 Å². The van der Waals surface area contributed by atoms with Crippen molar-refractivity contribution < 1.29 is 19.2 Å². The lowest BCUT2D eigenvalue weighted by Crippen LogP contribution is -2.37. The number of nitrogens with zero attached hydrogens (tertiary/aromatic N) is 2. The normalized spacial score (nSPS) is 16.4. The van der Waals surface area contributed by atoms with Gasteiger partial charge in [0, 0.05) is 24.7 Å². The molecule has 8 heteroatoms. The summed E-state index contributed by atoms with van der Waals surface area (Å²) < 4.78 is 5.10. The van der Waals surface area contributed by atoms with Crippen LogP contribution >= 0.6 is 0 Å². The Hall–Kier alpha value is -3.42. The van der Waals surface area contributed by atoms with E-state index in [1.165, 1.54) is 18.2 Å². The van der Waals surface area contributed by atoms with Crippen molar-refractivity contribution in [3.8, 4) is 5.75 Å². The molecule has 2 aromatic carbocycles. The van der Waals surface area contributed by atoms with Gasteiger partial charge in [-0.2, -0.15) is 0 Å². The smallest absolute Gasteiger partial charge is 0.282 e. The first-order chi connectivity index (χ1) is 12.5. The van der Waals surface area contributed by atoms with Crippen LogP contribution in [0.1, 0.15) is 16.8 Å². The Bertz CT molecular complexity index is 850. The van der Waals surface area contributed by atoms with E-state index in [2.05, 4.69) is 5.32 Å². The molecule has 1 heterocycles. The van der Waals surface area contributed by atoms with E-state index in [4.69, 9.17) is 4.74 Å². The molecule has 1 saturated heterocycles. The minimum Gasteiger partial charge on any atom is -0.497 e. The van der Waals surface area contributed by atoms with Crippen LogP contribution < -0.4 is 15.0 Å². The van der Waals surface area contributed by atoms with Crippen LogP contribution in [0.5, 0.6) is 5.75 Å². The Morgan fingerprint density at radius 1 is 1.23 bits per heavy atom. The lowest BCUT2D eigenvalue weighted by atomic mass is 10.1. The van der Waals surface area contributed by atoms with Crippen LogP contribution in [0.15, 0.2) is 48.5 Å². The molecule has 2 amide bonds. The molecular formula is C18H17N3O5. The Morgan fingerprint density at radius 3 is 2.58 bits per heavy atom. The Morgan fingerprint density at radius 2 is 1.92 bits per heavy atom. The highest BCUT2D eigenvalue weighted by Crippen LogP contribution is 2.25. The first kappa shape index (κ1) is 17.4. The van der Waals surface area contributed by atoms with Gasteiger partial charge >= 0.3 is 0 Å². The molecule has 0 spiro atoms. The number of methoxy groups -OCH3 is 1. The maximum absolute atomic E-state index is 12.4. The topological polar surface area (TPSA) is 102 Å². The third kappa shape index (κ3) is 3.49. The summed E-state index contributed by atoms with van der Waals surface area (Å²) in [6, 6.07) is 12.3. The van der Waals surface area contributed by atoms with Gasteiger partial charge in [0.2, 0.25) is 5.91 Å². The lowest BCUT2D eigenvalue weighted by molar-refractivity contribution is -0.385. The fraction of sp³-hybridized carbons (Fsp3) is 0.222. The van der Waals surface area contributed by atoms with Gasteiger partial charge in [-0.1, -0.05) is 12.1 Å². The quantitative estimate of drug-likeness (QED) is 0.654. The average Bonchev–Trinajstić information content (AvgIpc) is 3.01. The number of benzene rings is 2. The average molecular weight is 355 g/mol. The molecule has 0 bridgehead atoms. The second-order valence-electron chi connectivity index (χ2n) is 5.85. The zero-order valence-corrected chi connectivity index (χ0v) is 14.0. The summed E-state index contributed by atoms with van der Waals surface area (Å²) in [6.07, 6.45) is 0.137. The zero-order valence-electron chi connectivity index (χ0n) is 14.0. The van der Waals surface area contributed by atoms with Gasteiger partial charge in [-0.05, 0) is 30.3 Å². The molecule has 0 saturated carbocycles. The number of carbonyl (C=O) groups is 2. The second kappa shape index (κ2) is 7.22. The van der Waals surface area contributed by atoms with Crippen LogP contribution in [0.4, 0.5) is 11.4 Å². The Balaban J connectivity index is 1.71. The van der Waals surface area contributed by atoms with Crippen molar-refractivity contribution >= 4 is 23.2 Å². The Labute approximate surface area is 149 Å². The maximum atomic E-state index is 12.4. The number of nitro groups is 1.